The fraction of sp³-hybridized carbons (Fsp3) is 0.800. The second-order valence-corrected chi connectivity index (χ2v) is 5.53. The smallest absolute Gasteiger partial charge is 0.236 e. The fourth-order valence-corrected chi connectivity index (χ4v) is 3.53. The first kappa shape index (κ1) is 9.54. The van der Waals surface area contributed by atoms with E-state index in [2.05, 4.69) is 14.3 Å². The van der Waals surface area contributed by atoms with Gasteiger partial charge in [-0.1, -0.05) is 0 Å². The summed E-state index contributed by atoms with van der Waals surface area (Å²) < 4.78 is 4.38. The third-order valence-corrected chi connectivity index (χ3v) is 4.32. The zero-order chi connectivity index (χ0) is 10.4. The topological polar surface area (TPSA) is 32.3 Å². The lowest BCUT2D eigenvalue weighted by Crippen LogP contribution is -2.22. The number of rotatable bonds is 2. The van der Waals surface area contributed by atoms with E-state index >= 15 is 0 Å². The molecular formula is C10H16N4S. The summed E-state index contributed by atoms with van der Waals surface area (Å²) in [7, 11) is 3.99. The van der Waals surface area contributed by atoms with Crippen LogP contribution in [-0.2, 0) is 0 Å². The second-order valence-electron chi connectivity index (χ2n) is 4.74. The van der Waals surface area contributed by atoms with Crippen LogP contribution in [0.1, 0.15) is 17.3 Å². The number of anilines is 1. The van der Waals surface area contributed by atoms with Crippen molar-refractivity contribution in [1.82, 2.24) is 14.3 Å². The van der Waals surface area contributed by atoms with Crippen LogP contribution in [0.5, 0.6) is 0 Å². The molecule has 0 amide bonds. The summed E-state index contributed by atoms with van der Waals surface area (Å²) >= 11 is 1.59. The van der Waals surface area contributed by atoms with Gasteiger partial charge in [0.25, 0.3) is 0 Å². The largest absolute Gasteiger partial charge is 0.346 e. The maximum absolute atomic E-state index is 4.62. The number of piperidine rings is 1. The summed E-state index contributed by atoms with van der Waals surface area (Å²) in [6.07, 6.45) is 1.35. The van der Waals surface area contributed by atoms with E-state index in [0.29, 0.717) is 5.92 Å². The van der Waals surface area contributed by atoms with Crippen molar-refractivity contribution in [3.05, 3.63) is 5.01 Å². The number of hydrogen-bond acceptors (Lipinski definition) is 5. The van der Waals surface area contributed by atoms with Crippen LogP contribution in [0.3, 0.4) is 0 Å². The Morgan fingerprint density at radius 2 is 2.27 bits per heavy atom. The van der Waals surface area contributed by atoms with E-state index in [0.717, 1.165) is 11.9 Å². The van der Waals surface area contributed by atoms with E-state index < -0.39 is 0 Å². The maximum atomic E-state index is 4.62. The third kappa shape index (κ3) is 1.54. The van der Waals surface area contributed by atoms with Crippen molar-refractivity contribution in [2.45, 2.75) is 12.3 Å². The van der Waals surface area contributed by atoms with Crippen molar-refractivity contribution in [2.75, 3.05) is 38.6 Å². The predicted molar refractivity (Wildman–Crippen MR) is 61.5 cm³/mol. The molecule has 2 bridgehead atoms. The Morgan fingerprint density at radius 1 is 1.40 bits per heavy atom. The summed E-state index contributed by atoms with van der Waals surface area (Å²) in [5, 5.41) is 1.24. The molecule has 15 heavy (non-hydrogen) atoms. The van der Waals surface area contributed by atoms with Crippen LogP contribution < -0.4 is 4.90 Å². The minimum absolute atomic E-state index is 0.657. The molecule has 1 unspecified atom stereocenters. The van der Waals surface area contributed by atoms with Gasteiger partial charge in [-0.25, -0.2) is 4.98 Å². The molecule has 1 aromatic heterocycles. The molecule has 0 aromatic carbocycles. The van der Waals surface area contributed by atoms with Crippen molar-refractivity contribution in [3.8, 4) is 0 Å². The number of fused-ring (bicyclic) bond motifs is 2. The van der Waals surface area contributed by atoms with Gasteiger partial charge in [0.2, 0.25) is 5.95 Å². The first-order chi connectivity index (χ1) is 7.24. The Labute approximate surface area is 94.1 Å². The number of aromatic nitrogens is 2. The lowest BCUT2D eigenvalue weighted by Gasteiger charge is -2.19. The molecule has 2 aliphatic rings. The van der Waals surface area contributed by atoms with Crippen molar-refractivity contribution in [2.24, 2.45) is 5.92 Å². The van der Waals surface area contributed by atoms with Gasteiger partial charge in [-0.3, -0.25) is 0 Å². The van der Waals surface area contributed by atoms with E-state index in [1.807, 2.05) is 19.0 Å². The highest BCUT2D eigenvalue weighted by Crippen LogP contribution is 2.40. The van der Waals surface area contributed by atoms with E-state index in [1.165, 1.54) is 31.1 Å². The van der Waals surface area contributed by atoms with Gasteiger partial charge in [-0.05, 0) is 30.4 Å². The normalized spacial score (nSPS) is 33.6. The molecule has 4 nitrogen and oxygen atoms in total. The molecule has 3 heterocycles. The molecular weight excluding hydrogens is 208 g/mol. The van der Waals surface area contributed by atoms with Crippen molar-refractivity contribution in [1.29, 1.82) is 0 Å². The van der Waals surface area contributed by atoms with Crippen LogP contribution in [0.15, 0.2) is 0 Å². The van der Waals surface area contributed by atoms with Gasteiger partial charge in [0.05, 0.1) is 0 Å². The van der Waals surface area contributed by atoms with Crippen LogP contribution in [-0.4, -0.2) is 48.0 Å². The molecule has 1 aromatic rings. The molecule has 2 fully saturated rings. The summed E-state index contributed by atoms with van der Waals surface area (Å²) in [5.41, 5.74) is 0. The summed E-state index contributed by atoms with van der Waals surface area (Å²) in [5.74, 6) is 2.37. The molecule has 0 radical (unpaired) electrons. The minimum Gasteiger partial charge on any atom is -0.346 e. The lowest BCUT2D eigenvalue weighted by molar-refractivity contribution is 0.346. The maximum Gasteiger partial charge on any atom is 0.236 e. The van der Waals surface area contributed by atoms with Crippen LogP contribution >= 0.6 is 11.5 Å². The number of hydrogen-bond donors (Lipinski definition) is 0. The molecule has 2 aliphatic heterocycles. The van der Waals surface area contributed by atoms with Gasteiger partial charge in [-0.2, -0.15) is 4.37 Å². The van der Waals surface area contributed by atoms with E-state index in [4.69, 9.17) is 0 Å². The average Bonchev–Trinajstić information content (AvgIpc) is 2.93. The minimum atomic E-state index is 0.657. The lowest BCUT2D eigenvalue weighted by atomic mass is 9.93. The molecule has 2 saturated heterocycles. The monoisotopic (exact) mass is 224 g/mol. The Balaban J connectivity index is 1.81. The molecule has 0 saturated carbocycles. The molecule has 0 aliphatic carbocycles. The number of nitrogens with zero attached hydrogens (tertiary/aromatic N) is 4. The zero-order valence-electron chi connectivity index (χ0n) is 9.18. The SMILES string of the molecule is CN(C)c1nsc([C@@H]2CN3CC[C@H]2C3)n1. The van der Waals surface area contributed by atoms with Gasteiger partial charge in [0.1, 0.15) is 5.01 Å². The predicted octanol–water partition coefficient (Wildman–Crippen LogP) is 1.02. The molecule has 0 spiro atoms. The third-order valence-electron chi connectivity index (χ3n) is 3.48. The van der Waals surface area contributed by atoms with Gasteiger partial charge in [0, 0.05) is 33.1 Å². The van der Waals surface area contributed by atoms with Crippen LogP contribution in [0, 0.1) is 5.92 Å². The van der Waals surface area contributed by atoms with E-state index in [9.17, 15) is 0 Å². The Kier molecular flexibility index (Phi) is 2.17. The highest BCUT2D eigenvalue weighted by Gasteiger charge is 2.40. The quantitative estimate of drug-likeness (QED) is 0.751. The highest BCUT2D eigenvalue weighted by molar-refractivity contribution is 7.05. The van der Waals surface area contributed by atoms with Crippen molar-refractivity contribution in [3.63, 3.8) is 0 Å². The Bertz CT molecular complexity index is 362. The van der Waals surface area contributed by atoms with Crippen molar-refractivity contribution < 1.29 is 0 Å². The molecule has 5 heteroatoms. The summed E-state index contributed by atoms with van der Waals surface area (Å²) in [4.78, 5) is 9.14. The van der Waals surface area contributed by atoms with Gasteiger partial charge in [0.15, 0.2) is 0 Å². The summed E-state index contributed by atoms with van der Waals surface area (Å²) in [6, 6.07) is 0. The van der Waals surface area contributed by atoms with Crippen LogP contribution in [0.2, 0.25) is 0 Å². The first-order valence-electron chi connectivity index (χ1n) is 5.47. The van der Waals surface area contributed by atoms with E-state index in [1.54, 1.807) is 11.5 Å². The Morgan fingerprint density at radius 3 is 2.80 bits per heavy atom. The molecule has 3 rings (SSSR count). The van der Waals surface area contributed by atoms with E-state index in [-0.39, 0.29) is 0 Å². The first-order valence-corrected chi connectivity index (χ1v) is 6.24. The molecule has 0 N–H and O–H groups in total. The van der Waals surface area contributed by atoms with Gasteiger partial charge in [-0.15, -0.1) is 0 Å². The van der Waals surface area contributed by atoms with Crippen LogP contribution in [0.25, 0.3) is 0 Å². The molecule has 3 atom stereocenters. The summed E-state index contributed by atoms with van der Waals surface area (Å²) in [6.45, 7) is 3.77. The Hall–Kier alpha value is -0.680. The average molecular weight is 224 g/mol. The van der Waals surface area contributed by atoms with Crippen molar-refractivity contribution >= 4 is 17.5 Å². The zero-order valence-corrected chi connectivity index (χ0v) is 10.00. The standard InChI is InChI=1S/C10H16N4S/c1-13(2)10-11-9(15-12-10)8-6-14-4-3-7(8)5-14/h7-8H,3-6H2,1-2H3/t7-,8+/m0/s1. The fourth-order valence-electron chi connectivity index (χ4n) is 2.62. The van der Waals surface area contributed by atoms with Crippen LogP contribution in [0.4, 0.5) is 5.95 Å². The highest BCUT2D eigenvalue weighted by atomic mass is 32.1. The molecule has 82 valence electrons. The van der Waals surface area contributed by atoms with Gasteiger partial charge >= 0.3 is 0 Å². The van der Waals surface area contributed by atoms with Gasteiger partial charge < -0.3 is 9.80 Å². The second kappa shape index (κ2) is 3.42.